The molecule has 7 nitrogen and oxygen atoms in total. The number of anilines is 2. The average molecular weight is 512 g/mol. The van der Waals surface area contributed by atoms with Crippen LogP contribution in [0.1, 0.15) is 27.0 Å². The van der Waals surface area contributed by atoms with Gasteiger partial charge >= 0.3 is 0 Å². The van der Waals surface area contributed by atoms with Crippen LogP contribution in [0.3, 0.4) is 0 Å². The molecule has 1 heterocycles. The van der Waals surface area contributed by atoms with Crippen molar-refractivity contribution in [1.29, 1.82) is 0 Å². The van der Waals surface area contributed by atoms with E-state index >= 15 is 0 Å². The Morgan fingerprint density at radius 1 is 0.912 bits per heavy atom. The third-order valence-electron chi connectivity index (χ3n) is 4.74. The highest BCUT2D eigenvalue weighted by Crippen LogP contribution is 2.31. The summed E-state index contributed by atoms with van der Waals surface area (Å²) >= 11 is 6.91. The molecule has 0 saturated heterocycles. The van der Waals surface area contributed by atoms with Gasteiger partial charge in [0.1, 0.15) is 0 Å². The molecule has 0 atom stereocenters. The Morgan fingerprint density at radius 3 is 2.18 bits per heavy atom. The van der Waals surface area contributed by atoms with Gasteiger partial charge in [-0.05, 0) is 48.5 Å². The first kappa shape index (κ1) is 23.6. The van der Waals surface area contributed by atoms with Crippen LogP contribution >= 0.6 is 22.9 Å². The molecule has 4 aromatic rings. The number of nitrogens with zero attached hydrogens (tertiary/aromatic N) is 1. The van der Waals surface area contributed by atoms with E-state index in [1.54, 1.807) is 0 Å². The van der Waals surface area contributed by atoms with Gasteiger partial charge in [0.05, 0.1) is 15.5 Å². The van der Waals surface area contributed by atoms with E-state index in [-0.39, 0.29) is 10.7 Å². The number of rotatable bonds is 7. The third-order valence-corrected chi connectivity index (χ3v) is 7.46. The first-order valence-electron chi connectivity index (χ1n) is 10.00. The van der Waals surface area contributed by atoms with Crippen LogP contribution in [-0.2, 0) is 10.0 Å². The van der Waals surface area contributed by atoms with Crippen molar-refractivity contribution in [3.63, 3.8) is 0 Å². The highest BCUT2D eigenvalue weighted by Gasteiger charge is 2.19. The number of aromatic nitrogens is 1. The predicted molar refractivity (Wildman–Crippen MR) is 134 cm³/mol. The molecule has 172 valence electrons. The molecule has 0 bridgehead atoms. The second-order valence-electron chi connectivity index (χ2n) is 7.21. The lowest BCUT2D eigenvalue weighted by atomic mass is 10.1. The summed E-state index contributed by atoms with van der Waals surface area (Å²) in [5.74, 6) is -0.579. The molecule has 2 N–H and O–H groups in total. The van der Waals surface area contributed by atoms with Crippen molar-refractivity contribution >= 4 is 55.5 Å². The topological polar surface area (TPSA) is 105 Å². The van der Waals surface area contributed by atoms with Gasteiger partial charge in [-0.2, -0.15) is 0 Å². The molecule has 4 rings (SSSR count). The monoisotopic (exact) mass is 511 g/mol. The molecular formula is C24H18ClN3O4S2. The van der Waals surface area contributed by atoms with Crippen molar-refractivity contribution in [1.82, 2.24) is 4.98 Å². The molecule has 10 heteroatoms. The minimum Gasteiger partial charge on any atom is -0.298 e. The number of carbonyl (C=O) groups is 2. The van der Waals surface area contributed by atoms with Crippen molar-refractivity contribution in [3.05, 3.63) is 94.3 Å². The number of thiazole rings is 1. The molecular weight excluding hydrogens is 494 g/mol. The first-order chi connectivity index (χ1) is 16.2. The lowest BCUT2D eigenvalue weighted by Gasteiger charge is -2.09. The van der Waals surface area contributed by atoms with Crippen molar-refractivity contribution < 1.29 is 18.0 Å². The Labute approximate surface area is 205 Å². The Balaban J connectivity index is 1.49. The van der Waals surface area contributed by atoms with Gasteiger partial charge in [-0.25, -0.2) is 13.4 Å². The van der Waals surface area contributed by atoms with Crippen molar-refractivity contribution in [2.75, 3.05) is 10.0 Å². The maximum absolute atomic E-state index is 12.7. The van der Waals surface area contributed by atoms with Crippen LogP contribution in [0.4, 0.5) is 10.8 Å². The quantitative estimate of drug-likeness (QED) is 0.309. The van der Waals surface area contributed by atoms with Crippen molar-refractivity contribution in [2.24, 2.45) is 0 Å². The molecule has 0 spiro atoms. The average Bonchev–Trinajstić information content (AvgIpc) is 3.24. The zero-order valence-corrected chi connectivity index (χ0v) is 20.2. The minimum atomic E-state index is -3.80. The van der Waals surface area contributed by atoms with E-state index in [0.29, 0.717) is 32.0 Å². The molecule has 0 aliphatic carbocycles. The number of halogens is 1. The number of hydrogen-bond acceptors (Lipinski definition) is 6. The standard InChI is InChI=1S/C24H18ClN3O4S2/c1-15(29)22-21(16-5-3-2-4-6-16)26-24(33-22)27-23(30)17-7-11-19(12-8-17)28-34(31,32)20-13-9-18(25)10-14-20/h2-14,28H,1H3,(H,26,27,30). The second kappa shape index (κ2) is 9.76. The summed E-state index contributed by atoms with van der Waals surface area (Å²) in [7, 11) is -3.80. The van der Waals surface area contributed by atoms with Crippen LogP contribution in [0.5, 0.6) is 0 Å². The zero-order chi connectivity index (χ0) is 24.3. The summed E-state index contributed by atoms with van der Waals surface area (Å²) in [5, 5.41) is 3.43. The maximum Gasteiger partial charge on any atom is 0.261 e. The number of nitrogens with one attached hydrogen (secondary N) is 2. The fourth-order valence-electron chi connectivity index (χ4n) is 3.09. The summed E-state index contributed by atoms with van der Waals surface area (Å²) in [6.45, 7) is 1.45. The molecule has 0 radical (unpaired) electrons. The van der Waals surface area contributed by atoms with Gasteiger partial charge in [0.15, 0.2) is 10.9 Å². The first-order valence-corrected chi connectivity index (χ1v) is 12.7. The predicted octanol–water partition coefficient (Wildman–Crippen LogP) is 5.72. The van der Waals surface area contributed by atoms with Crippen LogP contribution < -0.4 is 10.0 Å². The number of amides is 1. The number of Topliss-reactive ketones (excluding diaryl/α,β-unsaturated/α-hetero) is 1. The number of hydrogen-bond donors (Lipinski definition) is 2. The molecule has 0 saturated carbocycles. The van der Waals surface area contributed by atoms with Crippen LogP contribution in [0, 0.1) is 0 Å². The van der Waals surface area contributed by atoms with E-state index in [0.717, 1.165) is 16.9 Å². The molecule has 1 aromatic heterocycles. The highest BCUT2D eigenvalue weighted by atomic mass is 35.5. The highest BCUT2D eigenvalue weighted by molar-refractivity contribution is 7.92. The van der Waals surface area contributed by atoms with Crippen molar-refractivity contribution in [3.8, 4) is 11.3 Å². The Morgan fingerprint density at radius 2 is 1.56 bits per heavy atom. The molecule has 3 aromatic carbocycles. The van der Waals surface area contributed by atoms with E-state index in [4.69, 9.17) is 11.6 Å². The van der Waals surface area contributed by atoms with Crippen LogP contribution in [0.25, 0.3) is 11.3 Å². The Kier molecular flexibility index (Phi) is 6.78. The molecule has 1 amide bonds. The van der Waals surface area contributed by atoms with Crippen LogP contribution in [-0.4, -0.2) is 25.1 Å². The largest absolute Gasteiger partial charge is 0.298 e. The summed E-state index contributed by atoms with van der Waals surface area (Å²) in [6, 6.07) is 21.0. The number of sulfonamides is 1. The van der Waals surface area contributed by atoms with Crippen LogP contribution in [0.2, 0.25) is 5.02 Å². The Hall–Kier alpha value is -3.53. The SMILES string of the molecule is CC(=O)c1sc(NC(=O)c2ccc(NS(=O)(=O)c3ccc(Cl)cc3)cc2)nc1-c1ccccc1. The number of ketones is 1. The lowest BCUT2D eigenvalue weighted by Crippen LogP contribution is -2.14. The third kappa shape index (κ3) is 5.33. The van der Waals surface area contributed by atoms with E-state index in [1.807, 2.05) is 30.3 Å². The molecule has 0 aliphatic rings. The van der Waals surface area contributed by atoms with Gasteiger partial charge < -0.3 is 0 Å². The molecule has 0 fully saturated rings. The summed E-state index contributed by atoms with van der Waals surface area (Å²) in [4.78, 5) is 29.7. The molecule has 0 aliphatic heterocycles. The van der Waals surface area contributed by atoms with Gasteiger partial charge in [-0.1, -0.05) is 53.3 Å². The van der Waals surface area contributed by atoms with E-state index in [9.17, 15) is 18.0 Å². The summed E-state index contributed by atoms with van der Waals surface area (Å²) in [6.07, 6.45) is 0. The fraction of sp³-hybridized carbons (Fsp3) is 0.0417. The van der Waals surface area contributed by atoms with Gasteiger partial charge in [0.2, 0.25) is 0 Å². The lowest BCUT2D eigenvalue weighted by molar-refractivity contribution is 0.101. The van der Waals surface area contributed by atoms with E-state index < -0.39 is 15.9 Å². The number of carbonyl (C=O) groups excluding carboxylic acids is 2. The van der Waals surface area contributed by atoms with Gasteiger partial charge in [-0.3, -0.25) is 19.6 Å². The summed E-state index contributed by atoms with van der Waals surface area (Å²) in [5.41, 5.74) is 1.89. The molecule has 0 unspecified atom stereocenters. The van der Waals surface area contributed by atoms with E-state index in [1.165, 1.54) is 55.5 Å². The van der Waals surface area contributed by atoms with Gasteiger partial charge in [-0.15, -0.1) is 0 Å². The minimum absolute atomic E-state index is 0.0676. The number of benzene rings is 3. The fourth-order valence-corrected chi connectivity index (χ4v) is 5.15. The van der Waals surface area contributed by atoms with Gasteiger partial charge in [0.25, 0.3) is 15.9 Å². The smallest absolute Gasteiger partial charge is 0.261 e. The maximum atomic E-state index is 12.7. The van der Waals surface area contributed by atoms with Gasteiger partial charge in [0, 0.05) is 28.8 Å². The zero-order valence-electron chi connectivity index (χ0n) is 17.8. The molecule has 34 heavy (non-hydrogen) atoms. The van der Waals surface area contributed by atoms with E-state index in [2.05, 4.69) is 15.0 Å². The normalized spacial score (nSPS) is 11.1. The summed E-state index contributed by atoms with van der Waals surface area (Å²) < 4.78 is 27.5. The second-order valence-corrected chi connectivity index (χ2v) is 10.3. The van der Waals surface area contributed by atoms with Crippen molar-refractivity contribution in [2.45, 2.75) is 11.8 Å². The van der Waals surface area contributed by atoms with Crippen LogP contribution in [0.15, 0.2) is 83.8 Å². The Bertz CT molecular complexity index is 1450.